The minimum atomic E-state index is 0.0688. The molecule has 0 aromatic rings. The van der Waals surface area contributed by atoms with Crippen LogP contribution in [0.25, 0.3) is 0 Å². The molecule has 1 aliphatic rings. The Balaban J connectivity index is 2.37. The number of nitrogens with zero attached hydrogens (tertiary/aromatic N) is 2. The van der Waals surface area contributed by atoms with E-state index in [1.165, 1.54) is 6.42 Å². The van der Waals surface area contributed by atoms with Crippen molar-refractivity contribution in [3.05, 3.63) is 0 Å². The Labute approximate surface area is 85.5 Å². The van der Waals surface area contributed by atoms with E-state index in [4.69, 9.17) is 16.9 Å². The molecular weight excluding hydrogens is 184 g/mol. The molecule has 3 heteroatoms. The lowest BCUT2D eigenvalue weighted by molar-refractivity contribution is 0.257. The number of likely N-dealkylation sites (tertiary alicyclic amines) is 1. The Bertz CT molecular complexity index is 188. The molecule has 0 spiro atoms. The summed E-state index contributed by atoms with van der Waals surface area (Å²) in [6, 6.07) is 2.38. The molecule has 1 aliphatic heterocycles. The van der Waals surface area contributed by atoms with Crippen molar-refractivity contribution >= 4 is 11.6 Å². The number of alkyl halides is 1. The molecule has 2 nitrogen and oxygen atoms in total. The summed E-state index contributed by atoms with van der Waals surface area (Å²) in [5, 5.41) is 8.86. The number of nitriles is 1. The van der Waals surface area contributed by atoms with Crippen molar-refractivity contribution < 1.29 is 0 Å². The molecule has 13 heavy (non-hydrogen) atoms. The molecule has 0 amide bonds. The van der Waals surface area contributed by atoms with Crippen molar-refractivity contribution in [2.24, 2.45) is 0 Å². The lowest BCUT2D eigenvalue weighted by atomic mass is 10.2. The maximum absolute atomic E-state index is 8.86. The number of rotatable bonds is 4. The summed E-state index contributed by atoms with van der Waals surface area (Å²) >= 11 is 6.21. The Kier molecular flexibility index (Phi) is 4.55. The highest BCUT2D eigenvalue weighted by molar-refractivity contribution is 6.20. The number of hydrogen-bond donors (Lipinski definition) is 0. The van der Waals surface area contributed by atoms with E-state index in [1.54, 1.807) is 0 Å². The molecule has 0 aliphatic carbocycles. The molecular formula is C10H17ClN2. The first-order valence-corrected chi connectivity index (χ1v) is 5.52. The van der Waals surface area contributed by atoms with E-state index in [-0.39, 0.29) is 11.5 Å². The van der Waals surface area contributed by atoms with E-state index in [0.29, 0.717) is 0 Å². The zero-order valence-corrected chi connectivity index (χ0v) is 8.93. The quantitative estimate of drug-likeness (QED) is 0.516. The van der Waals surface area contributed by atoms with Gasteiger partial charge >= 0.3 is 0 Å². The predicted octanol–water partition coefficient (Wildman–Crippen LogP) is 2.73. The Morgan fingerprint density at radius 3 is 3.08 bits per heavy atom. The van der Waals surface area contributed by atoms with Crippen LogP contribution < -0.4 is 0 Å². The fourth-order valence-electron chi connectivity index (χ4n) is 1.80. The van der Waals surface area contributed by atoms with Crippen molar-refractivity contribution in [1.82, 2.24) is 4.90 Å². The zero-order chi connectivity index (χ0) is 9.68. The summed E-state index contributed by atoms with van der Waals surface area (Å²) in [6.07, 6.45) is 5.45. The number of halogens is 1. The molecule has 2 atom stereocenters. The first-order valence-electron chi connectivity index (χ1n) is 5.09. The first-order chi connectivity index (χ1) is 6.29. The largest absolute Gasteiger partial charge is 0.272 e. The van der Waals surface area contributed by atoms with Gasteiger partial charge in [-0.2, -0.15) is 5.26 Å². The van der Waals surface area contributed by atoms with Gasteiger partial charge in [-0.3, -0.25) is 4.90 Å². The van der Waals surface area contributed by atoms with Gasteiger partial charge in [-0.05, 0) is 19.3 Å². The maximum atomic E-state index is 8.86. The van der Waals surface area contributed by atoms with Gasteiger partial charge in [0.1, 0.15) is 0 Å². The van der Waals surface area contributed by atoms with Crippen LogP contribution in [0.3, 0.4) is 0 Å². The summed E-state index contributed by atoms with van der Waals surface area (Å²) in [5.41, 5.74) is 0.0760. The molecule has 1 fully saturated rings. The lowest BCUT2D eigenvalue weighted by Crippen LogP contribution is -2.34. The van der Waals surface area contributed by atoms with E-state index in [1.807, 2.05) is 0 Å². The first kappa shape index (κ1) is 10.8. The third kappa shape index (κ3) is 2.86. The summed E-state index contributed by atoms with van der Waals surface area (Å²) in [6.45, 7) is 3.16. The van der Waals surface area contributed by atoms with Crippen LogP contribution in [0.1, 0.15) is 39.0 Å². The standard InChI is InChI=1S/C10H17ClN2/c1-2-3-6-10(11)13-7-4-5-9(13)8-12/h9-10H,2-7H2,1H3. The van der Waals surface area contributed by atoms with E-state index >= 15 is 0 Å². The second-order valence-corrected chi connectivity index (χ2v) is 4.11. The molecule has 0 bridgehead atoms. The van der Waals surface area contributed by atoms with Crippen LogP contribution in [-0.4, -0.2) is 23.0 Å². The average molecular weight is 201 g/mol. The predicted molar refractivity (Wildman–Crippen MR) is 54.5 cm³/mol. The van der Waals surface area contributed by atoms with Crippen molar-refractivity contribution in [3.8, 4) is 6.07 Å². The van der Waals surface area contributed by atoms with Crippen LogP contribution in [0.5, 0.6) is 0 Å². The SMILES string of the molecule is CCCCC(Cl)N1CCCC1C#N. The average Bonchev–Trinajstić information content (AvgIpc) is 2.61. The summed E-state index contributed by atoms with van der Waals surface area (Å²) in [4.78, 5) is 2.14. The van der Waals surface area contributed by atoms with Crippen LogP contribution >= 0.6 is 11.6 Å². The van der Waals surface area contributed by atoms with Gasteiger partial charge in [0.25, 0.3) is 0 Å². The van der Waals surface area contributed by atoms with Gasteiger partial charge in [-0.25, -0.2) is 0 Å². The highest BCUT2D eigenvalue weighted by atomic mass is 35.5. The van der Waals surface area contributed by atoms with E-state index in [0.717, 1.165) is 32.2 Å². The van der Waals surface area contributed by atoms with Gasteiger partial charge in [0.05, 0.1) is 17.6 Å². The van der Waals surface area contributed by atoms with Gasteiger partial charge < -0.3 is 0 Å². The van der Waals surface area contributed by atoms with Crippen LogP contribution in [0.4, 0.5) is 0 Å². The third-order valence-corrected chi connectivity index (χ3v) is 3.07. The third-order valence-electron chi connectivity index (χ3n) is 2.60. The highest BCUT2D eigenvalue weighted by Gasteiger charge is 2.28. The van der Waals surface area contributed by atoms with Gasteiger partial charge in [0, 0.05) is 6.54 Å². The molecule has 2 unspecified atom stereocenters. The minimum Gasteiger partial charge on any atom is -0.272 e. The van der Waals surface area contributed by atoms with E-state index in [2.05, 4.69) is 17.9 Å². The molecule has 74 valence electrons. The summed E-state index contributed by atoms with van der Waals surface area (Å²) in [5.74, 6) is 0. The van der Waals surface area contributed by atoms with Crippen molar-refractivity contribution in [1.29, 1.82) is 5.26 Å². The van der Waals surface area contributed by atoms with Gasteiger partial charge in [-0.15, -0.1) is 11.6 Å². The van der Waals surface area contributed by atoms with E-state index < -0.39 is 0 Å². The molecule has 1 saturated heterocycles. The molecule has 0 aromatic heterocycles. The van der Waals surface area contributed by atoms with Gasteiger partial charge in [0.2, 0.25) is 0 Å². The van der Waals surface area contributed by atoms with Crippen LogP contribution in [-0.2, 0) is 0 Å². The van der Waals surface area contributed by atoms with Crippen molar-refractivity contribution in [3.63, 3.8) is 0 Å². The maximum Gasteiger partial charge on any atom is 0.0989 e. The number of unbranched alkanes of at least 4 members (excludes halogenated alkanes) is 1. The Hall–Kier alpha value is -0.260. The molecule has 0 radical (unpaired) electrons. The van der Waals surface area contributed by atoms with Gasteiger partial charge in [0.15, 0.2) is 0 Å². The van der Waals surface area contributed by atoms with Crippen molar-refractivity contribution in [2.45, 2.75) is 50.6 Å². The molecule has 1 heterocycles. The smallest absolute Gasteiger partial charge is 0.0989 e. The summed E-state index contributed by atoms with van der Waals surface area (Å²) < 4.78 is 0. The highest BCUT2D eigenvalue weighted by Crippen LogP contribution is 2.24. The summed E-state index contributed by atoms with van der Waals surface area (Å²) in [7, 11) is 0. The Morgan fingerprint density at radius 2 is 2.46 bits per heavy atom. The van der Waals surface area contributed by atoms with Crippen LogP contribution in [0, 0.1) is 11.3 Å². The van der Waals surface area contributed by atoms with Crippen LogP contribution in [0.2, 0.25) is 0 Å². The molecule has 0 N–H and O–H groups in total. The molecule has 1 rings (SSSR count). The Morgan fingerprint density at radius 1 is 1.69 bits per heavy atom. The minimum absolute atomic E-state index is 0.0688. The van der Waals surface area contributed by atoms with E-state index in [9.17, 15) is 0 Å². The fraction of sp³-hybridized carbons (Fsp3) is 0.900. The topological polar surface area (TPSA) is 27.0 Å². The second-order valence-electron chi connectivity index (χ2n) is 3.60. The van der Waals surface area contributed by atoms with Crippen LogP contribution in [0.15, 0.2) is 0 Å². The zero-order valence-electron chi connectivity index (χ0n) is 8.17. The molecule has 0 saturated carbocycles. The lowest BCUT2D eigenvalue weighted by Gasteiger charge is -2.24. The molecule has 0 aromatic carbocycles. The van der Waals surface area contributed by atoms with Crippen molar-refractivity contribution in [2.75, 3.05) is 6.54 Å². The fourth-order valence-corrected chi connectivity index (χ4v) is 2.19. The van der Waals surface area contributed by atoms with Gasteiger partial charge in [-0.1, -0.05) is 19.8 Å². The normalized spacial score (nSPS) is 25.8. The number of hydrogen-bond acceptors (Lipinski definition) is 2. The second kappa shape index (κ2) is 5.47. The monoisotopic (exact) mass is 200 g/mol.